The van der Waals surface area contributed by atoms with Crippen molar-refractivity contribution in [2.24, 2.45) is 11.3 Å². The first-order chi connectivity index (χ1) is 9.77. The maximum absolute atomic E-state index is 5.93. The van der Waals surface area contributed by atoms with Crippen LogP contribution in [0.5, 0.6) is 0 Å². The lowest BCUT2D eigenvalue weighted by Crippen LogP contribution is -2.24. The molecule has 120 valence electrons. The zero-order valence-electron chi connectivity index (χ0n) is 14.7. The minimum absolute atomic E-state index is 0.0318. The first-order valence-electron chi connectivity index (χ1n) is 8.01. The summed E-state index contributed by atoms with van der Waals surface area (Å²) in [5, 5.41) is 3.30. The van der Waals surface area contributed by atoms with Crippen LogP contribution in [0, 0.1) is 11.3 Å². The lowest BCUT2D eigenvalue weighted by atomic mass is 9.88. The van der Waals surface area contributed by atoms with Gasteiger partial charge in [0.2, 0.25) is 0 Å². The first-order valence-corrected chi connectivity index (χ1v) is 8.01. The zero-order valence-corrected chi connectivity index (χ0v) is 14.7. The van der Waals surface area contributed by atoms with Crippen molar-refractivity contribution in [2.75, 3.05) is 18.5 Å². The fourth-order valence-electron chi connectivity index (χ4n) is 2.31. The van der Waals surface area contributed by atoms with Gasteiger partial charge < -0.3 is 10.1 Å². The Kier molecular flexibility index (Phi) is 6.59. The van der Waals surface area contributed by atoms with Gasteiger partial charge in [-0.15, -0.1) is 0 Å². The molecule has 0 aliphatic carbocycles. The molecule has 0 bridgehead atoms. The molecule has 1 N–H and O–H groups in total. The van der Waals surface area contributed by atoms with E-state index in [4.69, 9.17) is 9.72 Å². The van der Waals surface area contributed by atoms with E-state index in [1.54, 1.807) is 0 Å². The van der Waals surface area contributed by atoms with E-state index in [0.717, 1.165) is 30.3 Å². The second kappa shape index (κ2) is 7.74. The third-order valence-electron chi connectivity index (χ3n) is 3.13. The van der Waals surface area contributed by atoms with Gasteiger partial charge in [-0.25, -0.2) is 9.97 Å². The summed E-state index contributed by atoms with van der Waals surface area (Å²) in [4.78, 5) is 9.43. The van der Waals surface area contributed by atoms with E-state index < -0.39 is 0 Å². The molecule has 0 aromatic carbocycles. The topological polar surface area (TPSA) is 47.0 Å². The van der Waals surface area contributed by atoms with Crippen LogP contribution in [0.3, 0.4) is 0 Å². The van der Waals surface area contributed by atoms with Crippen LogP contribution in [0.25, 0.3) is 0 Å². The molecule has 0 fully saturated rings. The second-order valence-corrected chi connectivity index (χ2v) is 6.93. The molecule has 1 unspecified atom stereocenters. The summed E-state index contributed by atoms with van der Waals surface area (Å²) < 4.78 is 5.93. The highest BCUT2D eigenvalue weighted by Gasteiger charge is 2.30. The van der Waals surface area contributed by atoms with Crippen LogP contribution in [0.2, 0.25) is 0 Å². The standard InChI is InChI=1S/C17H31N3O/c1-8-18-14-11-13(10-12(3)4)19-16(20-14)15(21-9-2)17(5,6)7/h11-12,15H,8-10H2,1-7H3,(H,18,19,20). The molecule has 1 heterocycles. The average molecular weight is 293 g/mol. The maximum Gasteiger partial charge on any atom is 0.160 e. The van der Waals surface area contributed by atoms with Crippen molar-refractivity contribution in [3.05, 3.63) is 17.6 Å². The molecule has 0 saturated carbocycles. The average Bonchev–Trinajstić information content (AvgIpc) is 2.33. The molecule has 1 rings (SSSR count). The molecular formula is C17H31N3O. The van der Waals surface area contributed by atoms with Crippen molar-refractivity contribution >= 4 is 5.82 Å². The Morgan fingerprint density at radius 3 is 2.33 bits per heavy atom. The molecule has 1 aromatic heterocycles. The van der Waals surface area contributed by atoms with Crippen LogP contribution in [0.4, 0.5) is 5.82 Å². The Morgan fingerprint density at radius 1 is 1.19 bits per heavy atom. The van der Waals surface area contributed by atoms with Gasteiger partial charge in [-0.3, -0.25) is 0 Å². The molecule has 0 aliphatic heterocycles. The molecule has 0 aliphatic rings. The molecular weight excluding hydrogens is 262 g/mol. The highest BCUT2D eigenvalue weighted by atomic mass is 16.5. The van der Waals surface area contributed by atoms with Crippen LogP contribution >= 0.6 is 0 Å². The van der Waals surface area contributed by atoms with Gasteiger partial charge in [0.25, 0.3) is 0 Å². The van der Waals surface area contributed by atoms with E-state index in [1.165, 1.54) is 0 Å². The van der Waals surface area contributed by atoms with Gasteiger partial charge in [0.15, 0.2) is 5.82 Å². The largest absolute Gasteiger partial charge is 0.370 e. The highest BCUT2D eigenvalue weighted by Crippen LogP contribution is 2.34. The lowest BCUT2D eigenvalue weighted by Gasteiger charge is -2.29. The van der Waals surface area contributed by atoms with Crippen LogP contribution in [-0.4, -0.2) is 23.1 Å². The number of rotatable bonds is 7. The Hall–Kier alpha value is -1.16. The maximum atomic E-state index is 5.93. The van der Waals surface area contributed by atoms with Crippen LogP contribution < -0.4 is 5.32 Å². The SMILES string of the molecule is CCNc1cc(CC(C)C)nc(C(OCC)C(C)(C)C)n1. The summed E-state index contributed by atoms with van der Waals surface area (Å²) in [6.07, 6.45) is 0.865. The van der Waals surface area contributed by atoms with Crippen molar-refractivity contribution in [1.82, 2.24) is 9.97 Å². The molecule has 4 nitrogen and oxygen atoms in total. The van der Waals surface area contributed by atoms with E-state index in [0.29, 0.717) is 12.5 Å². The van der Waals surface area contributed by atoms with Crippen LogP contribution in [0.1, 0.15) is 66.1 Å². The number of ether oxygens (including phenoxy) is 1. The Labute approximate surface area is 129 Å². The fourth-order valence-corrected chi connectivity index (χ4v) is 2.31. The summed E-state index contributed by atoms with van der Waals surface area (Å²) in [5.74, 6) is 2.26. The summed E-state index contributed by atoms with van der Waals surface area (Å²) in [5.41, 5.74) is 1.05. The summed E-state index contributed by atoms with van der Waals surface area (Å²) in [6.45, 7) is 16.5. The monoisotopic (exact) mass is 293 g/mol. The predicted octanol–water partition coefficient (Wildman–Crippen LogP) is 4.23. The molecule has 1 atom stereocenters. The normalized spacial score (nSPS) is 13.5. The van der Waals surface area contributed by atoms with Gasteiger partial charge in [-0.2, -0.15) is 0 Å². The molecule has 4 heteroatoms. The van der Waals surface area contributed by atoms with Crippen LogP contribution in [0.15, 0.2) is 6.07 Å². The molecule has 0 spiro atoms. The summed E-state index contributed by atoms with van der Waals surface area (Å²) in [7, 11) is 0. The van der Waals surface area contributed by atoms with Gasteiger partial charge in [0.1, 0.15) is 11.9 Å². The quantitative estimate of drug-likeness (QED) is 0.817. The van der Waals surface area contributed by atoms with Crippen LogP contribution in [-0.2, 0) is 11.2 Å². The van der Waals surface area contributed by atoms with E-state index in [2.05, 4.69) is 57.9 Å². The molecule has 0 amide bonds. The minimum Gasteiger partial charge on any atom is -0.370 e. The van der Waals surface area contributed by atoms with Gasteiger partial charge in [-0.1, -0.05) is 34.6 Å². The van der Waals surface area contributed by atoms with Crippen molar-refractivity contribution < 1.29 is 4.74 Å². The van der Waals surface area contributed by atoms with E-state index >= 15 is 0 Å². The number of nitrogens with zero attached hydrogens (tertiary/aromatic N) is 2. The number of hydrogen-bond donors (Lipinski definition) is 1. The van der Waals surface area contributed by atoms with Crippen molar-refractivity contribution in [3.63, 3.8) is 0 Å². The number of nitrogens with one attached hydrogen (secondary N) is 1. The number of aromatic nitrogens is 2. The lowest BCUT2D eigenvalue weighted by molar-refractivity contribution is -0.0191. The minimum atomic E-state index is -0.0907. The van der Waals surface area contributed by atoms with Gasteiger partial charge >= 0.3 is 0 Å². The number of anilines is 1. The molecule has 0 saturated heterocycles. The van der Waals surface area contributed by atoms with Gasteiger partial charge in [-0.05, 0) is 31.6 Å². The Balaban J connectivity index is 3.20. The zero-order chi connectivity index (χ0) is 16.0. The molecule has 0 radical (unpaired) electrons. The smallest absolute Gasteiger partial charge is 0.160 e. The van der Waals surface area contributed by atoms with Gasteiger partial charge in [0, 0.05) is 24.9 Å². The third-order valence-corrected chi connectivity index (χ3v) is 3.13. The molecule has 21 heavy (non-hydrogen) atoms. The van der Waals surface area contributed by atoms with E-state index in [9.17, 15) is 0 Å². The third kappa shape index (κ3) is 5.62. The van der Waals surface area contributed by atoms with E-state index in [1.807, 2.05) is 6.92 Å². The molecule has 1 aromatic rings. The van der Waals surface area contributed by atoms with Crippen molar-refractivity contribution in [3.8, 4) is 0 Å². The van der Waals surface area contributed by atoms with Crippen molar-refractivity contribution in [1.29, 1.82) is 0 Å². The summed E-state index contributed by atoms with van der Waals surface area (Å²) >= 11 is 0. The number of hydrogen-bond acceptors (Lipinski definition) is 4. The van der Waals surface area contributed by atoms with Crippen molar-refractivity contribution in [2.45, 2.75) is 61.0 Å². The van der Waals surface area contributed by atoms with E-state index in [-0.39, 0.29) is 11.5 Å². The first kappa shape index (κ1) is 17.9. The Bertz CT molecular complexity index is 438. The predicted molar refractivity (Wildman–Crippen MR) is 88.6 cm³/mol. The fraction of sp³-hybridized carbons (Fsp3) is 0.765. The summed E-state index contributed by atoms with van der Waals surface area (Å²) in [6, 6.07) is 2.05. The highest BCUT2D eigenvalue weighted by molar-refractivity contribution is 5.36. The second-order valence-electron chi connectivity index (χ2n) is 6.93. The van der Waals surface area contributed by atoms with Gasteiger partial charge in [0.05, 0.1) is 0 Å². The Morgan fingerprint density at radius 2 is 1.86 bits per heavy atom.